The Balaban J connectivity index is 1.72. The van der Waals surface area contributed by atoms with Crippen LogP contribution >= 0.6 is 11.3 Å². The van der Waals surface area contributed by atoms with Gasteiger partial charge in [0, 0.05) is 17.3 Å². The minimum Gasteiger partial charge on any atom is -0.349 e. The van der Waals surface area contributed by atoms with Gasteiger partial charge in [-0.15, -0.1) is 11.3 Å². The van der Waals surface area contributed by atoms with E-state index in [0.29, 0.717) is 6.54 Å². The van der Waals surface area contributed by atoms with E-state index in [9.17, 15) is 4.79 Å². The summed E-state index contributed by atoms with van der Waals surface area (Å²) in [4.78, 5) is 21.4. The molecule has 2 aromatic heterocycles. The fourth-order valence-corrected chi connectivity index (χ4v) is 3.67. The molecule has 0 fully saturated rings. The molecule has 0 spiro atoms. The third-order valence-corrected chi connectivity index (χ3v) is 4.80. The fraction of sp³-hybridized carbons (Fsp3) is 0.333. The Labute approximate surface area is 145 Å². The van der Waals surface area contributed by atoms with E-state index in [-0.39, 0.29) is 11.9 Å². The highest BCUT2D eigenvalue weighted by molar-refractivity contribution is 7.16. The first kappa shape index (κ1) is 16.7. The summed E-state index contributed by atoms with van der Waals surface area (Å²) in [6.45, 7) is 4.53. The largest absolute Gasteiger partial charge is 0.349 e. The lowest BCUT2D eigenvalue weighted by Gasteiger charge is -2.24. The molecule has 0 aliphatic carbocycles. The lowest BCUT2D eigenvalue weighted by Crippen LogP contribution is -2.36. The van der Waals surface area contributed by atoms with Gasteiger partial charge in [0.15, 0.2) is 4.96 Å². The first-order valence-corrected chi connectivity index (χ1v) is 8.70. The van der Waals surface area contributed by atoms with Crippen LogP contribution < -0.4 is 5.32 Å². The van der Waals surface area contributed by atoms with Crippen molar-refractivity contribution in [2.24, 2.45) is 0 Å². The van der Waals surface area contributed by atoms with Crippen molar-refractivity contribution in [2.75, 3.05) is 14.1 Å². The van der Waals surface area contributed by atoms with E-state index in [1.807, 2.05) is 60.9 Å². The van der Waals surface area contributed by atoms with Gasteiger partial charge in [-0.05, 0) is 33.5 Å². The average Bonchev–Trinajstić information content (AvgIpc) is 3.01. The van der Waals surface area contributed by atoms with Crippen LogP contribution in [0.4, 0.5) is 0 Å². The third kappa shape index (κ3) is 3.49. The molecule has 0 radical (unpaired) electrons. The second kappa shape index (κ2) is 6.75. The number of imidazole rings is 1. The van der Waals surface area contributed by atoms with Crippen molar-refractivity contribution in [2.45, 2.75) is 26.4 Å². The number of aryl methyl sites for hydroxylation is 2. The topological polar surface area (TPSA) is 49.6 Å². The summed E-state index contributed by atoms with van der Waals surface area (Å²) in [6, 6.07) is 7.76. The molecule has 1 N–H and O–H groups in total. The highest BCUT2D eigenvalue weighted by Crippen LogP contribution is 2.20. The molecule has 0 aliphatic heterocycles. The Morgan fingerprint density at radius 2 is 2.12 bits per heavy atom. The maximum Gasteiger partial charge on any atom is 0.242 e. The predicted octanol–water partition coefficient (Wildman–Crippen LogP) is 2.93. The van der Waals surface area contributed by atoms with Gasteiger partial charge in [0.25, 0.3) is 0 Å². The molecule has 1 atom stereocenters. The Morgan fingerprint density at radius 1 is 1.33 bits per heavy atom. The van der Waals surface area contributed by atoms with Crippen molar-refractivity contribution in [1.82, 2.24) is 19.6 Å². The number of hydrogen-bond donors (Lipinski definition) is 1. The molecule has 6 heteroatoms. The number of nitrogens with one attached hydrogen (secondary N) is 1. The monoisotopic (exact) mass is 342 g/mol. The molecule has 1 unspecified atom stereocenters. The number of nitrogens with zero attached hydrogens (tertiary/aromatic N) is 3. The molecular weight excluding hydrogens is 320 g/mol. The number of aromatic nitrogens is 2. The standard InChI is InChI=1S/C18H22N4OS/c1-12-6-5-7-14(8-12)16(21(3)4)17(23)19-9-15-11-22-10-13(2)24-18(22)20-15/h5-8,10-11,16H,9H2,1-4H3,(H,19,23). The number of benzene rings is 1. The molecule has 5 nitrogen and oxygen atoms in total. The fourth-order valence-electron chi connectivity index (χ4n) is 2.84. The number of carbonyl (C=O) groups is 1. The summed E-state index contributed by atoms with van der Waals surface area (Å²) in [5, 5.41) is 3.01. The highest BCUT2D eigenvalue weighted by Gasteiger charge is 2.23. The highest BCUT2D eigenvalue weighted by atomic mass is 32.1. The van der Waals surface area contributed by atoms with Crippen LogP contribution in [0.3, 0.4) is 0 Å². The smallest absolute Gasteiger partial charge is 0.242 e. The third-order valence-electron chi connectivity index (χ3n) is 3.89. The number of carbonyl (C=O) groups excluding carboxylic acids is 1. The van der Waals surface area contributed by atoms with Crippen LogP contribution in [0, 0.1) is 13.8 Å². The molecule has 24 heavy (non-hydrogen) atoms. The minimum absolute atomic E-state index is 0.0156. The number of rotatable bonds is 5. The molecule has 1 aromatic carbocycles. The van der Waals surface area contributed by atoms with Crippen LogP contribution in [-0.2, 0) is 11.3 Å². The molecule has 3 aromatic rings. The summed E-state index contributed by atoms with van der Waals surface area (Å²) < 4.78 is 2.01. The van der Waals surface area contributed by atoms with Gasteiger partial charge < -0.3 is 5.32 Å². The van der Waals surface area contributed by atoms with Crippen LogP contribution in [-0.4, -0.2) is 34.3 Å². The average molecular weight is 342 g/mol. The molecule has 3 rings (SSSR count). The van der Waals surface area contributed by atoms with Crippen LogP contribution in [0.1, 0.15) is 27.7 Å². The second-order valence-electron chi connectivity index (χ2n) is 6.26. The predicted molar refractivity (Wildman–Crippen MR) is 97.3 cm³/mol. The van der Waals surface area contributed by atoms with E-state index in [0.717, 1.165) is 21.8 Å². The van der Waals surface area contributed by atoms with E-state index in [4.69, 9.17) is 0 Å². The van der Waals surface area contributed by atoms with Gasteiger partial charge >= 0.3 is 0 Å². The Morgan fingerprint density at radius 3 is 2.79 bits per heavy atom. The van der Waals surface area contributed by atoms with Crippen LogP contribution in [0.25, 0.3) is 4.96 Å². The molecule has 0 aliphatic rings. The van der Waals surface area contributed by atoms with Crippen LogP contribution in [0.5, 0.6) is 0 Å². The second-order valence-corrected chi connectivity index (χ2v) is 7.48. The van der Waals surface area contributed by atoms with Gasteiger partial charge in [0.2, 0.25) is 5.91 Å². The van der Waals surface area contributed by atoms with Gasteiger partial charge in [-0.2, -0.15) is 0 Å². The molecule has 0 bridgehead atoms. The van der Waals surface area contributed by atoms with Crippen molar-refractivity contribution in [3.05, 3.63) is 58.4 Å². The molecule has 0 saturated heterocycles. The SMILES string of the molecule is Cc1cccc(C(C(=O)NCc2cn3cc(C)sc3n2)N(C)C)c1. The first-order chi connectivity index (χ1) is 11.4. The number of fused-ring (bicyclic) bond motifs is 1. The zero-order valence-electron chi connectivity index (χ0n) is 14.4. The summed E-state index contributed by atoms with van der Waals surface area (Å²) in [6.07, 6.45) is 4.02. The number of likely N-dealkylation sites (N-methyl/N-ethyl adjacent to an activating group) is 1. The molecule has 1 amide bonds. The summed E-state index contributed by atoms with van der Waals surface area (Å²) in [5.74, 6) is -0.0156. The molecule has 0 saturated carbocycles. The molecule has 126 valence electrons. The van der Waals surface area contributed by atoms with Gasteiger partial charge in [0.05, 0.1) is 12.2 Å². The Kier molecular flexibility index (Phi) is 4.69. The molecule has 2 heterocycles. The van der Waals surface area contributed by atoms with Crippen molar-refractivity contribution >= 4 is 22.2 Å². The van der Waals surface area contributed by atoms with E-state index in [1.54, 1.807) is 11.3 Å². The van der Waals surface area contributed by atoms with Crippen molar-refractivity contribution in [3.63, 3.8) is 0 Å². The van der Waals surface area contributed by atoms with Crippen molar-refractivity contribution in [1.29, 1.82) is 0 Å². The zero-order chi connectivity index (χ0) is 17.3. The maximum absolute atomic E-state index is 12.7. The number of amides is 1. The zero-order valence-corrected chi connectivity index (χ0v) is 15.2. The number of thiazole rings is 1. The van der Waals surface area contributed by atoms with E-state index < -0.39 is 0 Å². The van der Waals surface area contributed by atoms with E-state index >= 15 is 0 Å². The van der Waals surface area contributed by atoms with Crippen LogP contribution in [0.2, 0.25) is 0 Å². The normalized spacial score (nSPS) is 12.7. The number of hydrogen-bond acceptors (Lipinski definition) is 4. The first-order valence-electron chi connectivity index (χ1n) is 7.89. The van der Waals surface area contributed by atoms with Gasteiger partial charge in [-0.1, -0.05) is 29.8 Å². The Hall–Kier alpha value is -2.18. The van der Waals surface area contributed by atoms with E-state index in [2.05, 4.69) is 23.3 Å². The van der Waals surface area contributed by atoms with Crippen molar-refractivity contribution < 1.29 is 4.79 Å². The van der Waals surface area contributed by atoms with Gasteiger partial charge in [-0.3, -0.25) is 14.1 Å². The molecular formula is C18H22N4OS. The van der Waals surface area contributed by atoms with Gasteiger partial charge in [0.1, 0.15) is 6.04 Å². The maximum atomic E-state index is 12.7. The summed E-state index contributed by atoms with van der Waals surface area (Å²) >= 11 is 1.65. The summed E-state index contributed by atoms with van der Waals surface area (Å²) in [5.41, 5.74) is 3.02. The lowest BCUT2D eigenvalue weighted by atomic mass is 10.0. The van der Waals surface area contributed by atoms with Crippen LogP contribution in [0.15, 0.2) is 36.7 Å². The minimum atomic E-state index is -0.309. The van der Waals surface area contributed by atoms with E-state index in [1.165, 1.54) is 4.88 Å². The van der Waals surface area contributed by atoms with Crippen molar-refractivity contribution in [3.8, 4) is 0 Å². The Bertz CT molecular complexity index is 833. The summed E-state index contributed by atoms with van der Waals surface area (Å²) in [7, 11) is 3.84. The quantitative estimate of drug-likeness (QED) is 0.776. The lowest BCUT2D eigenvalue weighted by molar-refractivity contribution is -0.126. The van der Waals surface area contributed by atoms with Gasteiger partial charge in [-0.25, -0.2) is 4.98 Å².